The molecule has 0 aromatic rings. The summed E-state index contributed by atoms with van der Waals surface area (Å²) in [6.07, 6.45) is 2.27. The van der Waals surface area contributed by atoms with Gasteiger partial charge in [0, 0.05) is 6.08 Å². The predicted octanol–water partition coefficient (Wildman–Crippen LogP) is -0.579. The Balaban J connectivity index is 3.20. The molecular formula is C8H11N3O4. The van der Waals surface area contributed by atoms with E-state index in [0.29, 0.717) is 0 Å². The van der Waals surface area contributed by atoms with Gasteiger partial charge in [0.15, 0.2) is 0 Å². The highest BCUT2D eigenvalue weighted by atomic mass is 16.6. The largest absolute Gasteiger partial charge is 0.481 e. The quantitative estimate of drug-likeness (QED) is 0.415. The van der Waals surface area contributed by atoms with Crippen molar-refractivity contribution in [3.63, 3.8) is 0 Å². The molecule has 1 aliphatic carbocycles. The van der Waals surface area contributed by atoms with Crippen molar-refractivity contribution in [2.75, 3.05) is 0 Å². The Labute approximate surface area is 85.2 Å². The smallest absolute Gasteiger partial charge is 0.315 e. The average Bonchev–Trinajstić information content (AvgIpc) is 2.13. The SMILES string of the molecule is CC1(C(=O)O)C=CC([N+](=O)[O-])=C(N)C1N. The van der Waals surface area contributed by atoms with Crippen molar-refractivity contribution < 1.29 is 14.8 Å². The minimum atomic E-state index is -1.40. The molecule has 2 atom stereocenters. The fraction of sp³-hybridized carbons (Fsp3) is 0.375. The lowest BCUT2D eigenvalue weighted by Gasteiger charge is -2.30. The normalized spacial score (nSPS) is 30.4. The Kier molecular flexibility index (Phi) is 2.50. The van der Waals surface area contributed by atoms with Crippen molar-refractivity contribution in [3.8, 4) is 0 Å². The Morgan fingerprint density at radius 1 is 1.73 bits per heavy atom. The first kappa shape index (κ1) is 11.2. The number of hydrogen-bond acceptors (Lipinski definition) is 5. The summed E-state index contributed by atoms with van der Waals surface area (Å²) < 4.78 is 0. The van der Waals surface area contributed by atoms with Gasteiger partial charge in [-0.05, 0) is 6.92 Å². The van der Waals surface area contributed by atoms with Crippen LogP contribution in [0.5, 0.6) is 0 Å². The highest BCUT2D eigenvalue weighted by molar-refractivity contribution is 5.79. The van der Waals surface area contributed by atoms with E-state index < -0.39 is 22.3 Å². The number of nitrogens with zero attached hydrogens (tertiary/aromatic N) is 1. The standard InChI is InChI=1S/C8H11N3O4/c1-8(7(12)13)3-2-4(11(14)15)5(9)6(8)10/h2-3,6H,9-10H2,1H3,(H,12,13). The Morgan fingerprint density at radius 3 is 2.67 bits per heavy atom. The van der Waals surface area contributed by atoms with Crippen LogP contribution in [-0.2, 0) is 4.79 Å². The van der Waals surface area contributed by atoms with Crippen LogP contribution in [0.4, 0.5) is 0 Å². The summed E-state index contributed by atoms with van der Waals surface area (Å²) in [6, 6.07) is -1.10. The van der Waals surface area contributed by atoms with E-state index >= 15 is 0 Å². The van der Waals surface area contributed by atoms with E-state index in [0.717, 1.165) is 6.08 Å². The molecule has 7 heteroatoms. The Hall–Kier alpha value is -1.89. The molecule has 0 radical (unpaired) electrons. The van der Waals surface area contributed by atoms with E-state index in [4.69, 9.17) is 16.6 Å². The minimum Gasteiger partial charge on any atom is -0.481 e. The second-order valence-electron chi connectivity index (χ2n) is 3.50. The van der Waals surface area contributed by atoms with Crippen LogP contribution < -0.4 is 11.5 Å². The van der Waals surface area contributed by atoms with Gasteiger partial charge < -0.3 is 16.6 Å². The van der Waals surface area contributed by atoms with E-state index in [2.05, 4.69) is 0 Å². The van der Waals surface area contributed by atoms with Gasteiger partial charge in [0.25, 0.3) is 5.70 Å². The maximum absolute atomic E-state index is 10.9. The Bertz CT molecular complexity index is 387. The number of nitro groups is 1. The third-order valence-electron chi connectivity index (χ3n) is 2.52. The van der Waals surface area contributed by atoms with Crippen molar-refractivity contribution >= 4 is 5.97 Å². The van der Waals surface area contributed by atoms with Gasteiger partial charge in [-0.2, -0.15) is 0 Å². The van der Waals surface area contributed by atoms with Crippen molar-refractivity contribution in [1.82, 2.24) is 0 Å². The maximum atomic E-state index is 10.9. The first-order valence-electron chi connectivity index (χ1n) is 4.13. The molecule has 0 spiro atoms. The van der Waals surface area contributed by atoms with E-state index in [9.17, 15) is 14.9 Å². The number of carboxylic acids is 1. The van der Waals surface area contributed by atoms with Gasteiger partial charge >= 0.3 is 5.97 Å². The van der Waals surface area contributed by atoms with E-state index in [1.165, 1.54) is 13.0 Å². The highest BCUT2D eigenvalue weighted by Crippen LogP contribution is 2.31. The molecule has 2 unspecified atom stereocenters. The molecule has 0 saturated carbocycles. The van der Waals surface area contributed by atoms with Gasteiger partial charge in [-0.3, -0.25) is 14.9 Å². The average molecular weight is 213 g/mol. The molecule has 0 bridgehead atoms. The lowest BCUT2D eigenvalue weighted by Crippen LogP contribution is -2.49. The molecule has 0 saturated heterocycles. The topological polar surface area (TPSA) is 132 Å². The highest BCUT2D eigenvalue weighted by Gasteiger charge is 2.43. The number of aliphatic carboxylic acids is 1. The van der Waals surface area contributed by atoms with Crippen LogP contribution in [0, 0.1) is 15.5 Å². The van der Waals surface area contributed by atoms with Crippen LogP contribution in [0.3, 0.4) is 0 Å². The molecule has 0 heterocycles. The maximum Gasteiger partial charge on any atom is 0.315 e. The number of rotatable bonds is 2. The predicted molar refractivity (Wildman–Crippen MR) is 51.1 cm³/mol. The van der Waals surface area contributed by atoms with Gasteiger partial charge in [-0.25, -0.2) is 0 Å². The van der Waals surface area contributed by atoms with Gasteiger partial charge in [0.05, 0.1) is 11.0 Å². The lowest BCUT2D eigenvalue weighted by molar-refractivity contribution is -0.421. The molecule has 1 rings (SSSR count). The molecule has 5 N–H and O–H groups in total. The first-order valence-corrected chi connectivity index (χ1v) is 4.13. The zero-order valence-corrected chi connectivity index (χ0v) is 8.01. The number of hydrogen-bond donors (Lipinski definition) is 3. The second-order valence-corrected chi connectivity index (χ2v) is 3.50. The first-order chi connectivity index (χ1) is 6.80. The van der Waals surface area contributed by atoms with Gasteiger partial charge in [-0.1, -0.05) is 6.08 Å². The van der Waals surface area contributed by atoms with Gasteiger partial charge in [0.1, 0.15) is 11.1 Å². The van der Waals surface area contributed by atoms with Crippen molar-refractivity contribution in [2.45, 2.75) is 13.0 Å². The minimum absolute atomic E-state index is 0.215. The van der Waals surface area contributed by atoms with Crippen LogP contribution in [0.15, 0.2) is 23.5 Å². The van der Waals surface area contributed by atoms with Gasteiger partial charge in [0.2, 0.25) is 0 Å². The summed E-state index contributed by atoms with van der Waals surface area (Å²) in [5.41, 5.74) is 9.04. The third-order valence-corrected chi connectivity index (χ3v) is 2.52. The Morgan fingerprint density at radius 2 is 2.27 bits per heavy atom. The number of carboxylic acid groups (broad SMARTS) is 1. The summed E-state index contributed by atoms with van der Waals surface area (Å²) >= 11 is 0. The number of carbonyl (C=O) groups is 1. The van der Waals surface area contributed by atoms with Crippen LogP contribution in [0.2, 0.25) is 0 Å². The second kappa shape index (κ2) is 3.35. The molecule has 15 heavy (non-hydrogen) atoms. The zero-order valence-electron chi connectivity index (χ0n) is 8.01. The molecule has 82 valence electrons. The van der Waals surface area contributed by atoms with Crippen LogP contribution in [0.25, 0.3) is 0 Å². The number of allylic oxidation sites excluding steroid dienone is 1. The van der Waals surface area contributed by atoms with Crippen molar-refractivity contribution in [3.05, 3.63) is 33.7 Å². The summed E-state index contributed by atoms with van der Waals surface area (Å²) in [7, 11) is 0. The van der Waals surface area contributed by atoms with Crippen LogP contribution in [0.1, 0.15) is 6.92 Å². The molecule has 7 nitrogen and oxygen atoms in total. The van der Waals surface area contributed by atoms with Crippen molar-refractivity contribution in [1.29, 1.82) is 0 Å². The summed E-state index contributed by atoms with van der Waals surface area (Å²) in [4.78, 5) is 20.7. The summed E-state index contributed by atoms with van der Waals surface area (Å²) in [6.45, 7) is 1.36. The summed E-state index contributed by atoms with van der Waals surface area (Å²) in [5, 5.41) is 19.4. The van der Waals surface area contributed by atoms with E-state index in [1.54, 1.807) is 0 Å². The third kappa shape index (κ3) is 1.57. The molecule has 0 fully saturated rings. The fourth-order valence-corrected chi connectivity index (χ4v) is 1.30. The molecule has 0 aromatic carbocycles. The molecule has 1 aliphatic rings. The molecule has 0 amide bonds. The van der Waals surface area contributed by atoms with E-state index in [-0.39, 0.29) is 11.4 Å². The van der Waals surface area contributed by atoms with Crippen LogP contribution in [-0.4, -0.2) is 22.0 Å². The molecular weight excluding hydrogens is 202 g/mol. The summed E-state index contributed by atoms with van der Waals surface area (Å²) in [5.74, 6) is -1.17. The fourth-order valence-electron chi connectivity index (χ4n) is 1.30. The zero-order chi connectivity index (χ0) is 11.8. The molecule has 0 aliphatic heterocycles. The monoisotopic (exact) mass is 213 g/mol. The van der Waals surface area contributed by atoms with E-state index in [1.807, 2.05) is 0 Å². The number of nitrogens with two attached hydrogens (primary N) is 2. The van der Waals surface area contributed by atoms with Crippen LogP contribution >= 0.6 is 0 Å². The van der Waals surface area contributed by atoms with Gasteiger partial charge in [-0.15, -0.1) is 0 Å². The molecule has 0 aromatic heterocycles. The lowest BCUT2D eigenvalue weighted by atomic mass is 9.77. The van der Waals surface area contributed by atoms with Crippen molar-refractivity contribution in [2.24, 2.45) is 16.9 Å².